The lowest BCUT2D eigenvalue weighted by Gasteiger charge is -1.81. The van der Waals surface area contributed by atoms with Gasteiger partial charge in [0, 0.05) is 10.4 Å². The Balaban J connectivity index is 2.73. The van der Waals surface area contributed by atoms with Crippen molar-refractivity contribution >= 4 is 28.5 Å². The van der Waals surface area contributed by atoms with Crippen molar-refractivity contribution in [3.8, 4) is 0 Å². The smallest absolute Gasteiger partial charge is 0.216 e. The third-order valence-electron chi connectivity index (χ3n) is 0.710. The van der Waals surface area contributed by atoms with E-state index in [2.05, 4.69) is 0 Å². The van der Waals surface area contributed by atoms with Crippen LogP contribution in [-0.2, 0) is 4.79 Å². The van der Waals surface area contributed by atoms with Crippen LogP contribution in [0.1, 0.15) is 0 Å². The predicted octanol–water partition coefficient (Wildman–Crippen LogP) is 1.90. The molecule has 0 atom stereocenters. The summed E-state index contributed by atoms with van der Waals surface area (Å²) >= 11 is 6.43. The highest BCUT2D eigenvalue weighted by molar-refractivity contribution is 8.17. The van der Waals surface area contributed by atoms with Gasteiger partial charge in [-0.3, -0.25) is 4.79 Å². The summed E-state index contributed by atoms with van der Waals surface area (Å²) in [4.78, 5) is 11.2. The van der Waals surface area contributed by atoms with Crippen molar-refractivity contribution in [1.29, 1.82) is 0 Å². The second-order valence-corrected chi connectivity index (χ2v) is 2.56. The number of allylic oxidation sites excluding steroid dienone is 1. The molecule has 1 nitrogen and oxygen atoms in total. The molecule has 0 fully saturated rings. The second kappa shape index (κ2) is 2.37. The zero-order valence-corrected chi connectivity index (χ0v) is 5.50. The van der Waals surface area contributed by atoms with E-state index in [1.54, 1.807) is 6.08 Å². The van der Waals surface area contributed by atoms with Crippen LogP contribution in [0.4, 0.5) is 0 Å². The SMILES string of the molecule is O=C1C=CC(=CCl)S1. The molecule has 0 saturated carbocycles. The summed E-state index contributed by atoms with van der Waals surface area (Å²) in [7, 11) is 0. The van der Waals surface area contributed by atoms with Crippen molar-refractivity contribution in [2.45, 2.75) is 0 Å². The Morgan fingerprint density at radius 3 is 2.62 bits per heavy atom. The van der Waals surface area contributed by atoms with E-state index in [4.69, 9.17) is 11.6 Å². The Hall–Kier alpha value is -0.210. The van der Waals surface area contributed by atoms with E-state index < -0.39 is 0 Å². The molecule has 0 aliphatic carbocycles. The lowest BCUT2D eigenvalue weighted by atomic mass is 10.5. The number of hydrogen-bond acceptors (Lipinski definition) is 2. The van der Waals surface area contributed by atoms with Crippen LogP contribution in [-0.4, -0.2) is 5.12 Å². The van der Waals surface area contributed by atoms with Crippen LogP contribution in [0.3, 0.4) is 0 Å². The highest BCUT2D eigenvalue weighted by atomic mass is 35.5. The molecule has 42 valence electrons. The number of carbonyl (C=O) groups is 1. The van der Waals surface area contributed by atoms with E-state index in [9.17, 15) is 4.79 Å². The van der Waals surface area contributed by atoms with Crippen LogP contribution in [0.5, 0.6) is 0 Å². The summed E-state index contributed by atoms with van der Waals surface area (Å²) in [5.74, 6) is 0. The van der Waals surface area contributed by atoms with Gasteiger partial charge >= 0.3 is 0 Å². The molecule has 1 aliphatic rings. The summed E-state index contributed by atoms with van der Waals surface area (Å²) in [6, 6.07) is 0. The van der Waals surface area contributed by atoms with E-state index in [1.165, 1.54) is 11.6 Å². The van der Waals surface area contributed by atoms with Crippen LogP contribution in [0.25, 0.3) is 0 Å². The first kappa shape index (κ1) is 5.92. The highest BCUT2D eigenvalue weighted by Crippen LogP contribution is 2.25. The summed E-state index contributed by atoms with van der Waals surface area (Å²) < 4.78 is 0. The van der Waals surface area contributed by atoms with E-state index >= 15 is 0 Å². The minimum atomic E-state index is 0.0527. The van der Waals surface area contributed by atoms with Crippen LogP contribution in [0.2, 0.25) is 0 Å². The Bertz CT molecular complexity index is 171. The Morgan fingerprint density at radius 2 is 2.38 bits per heavy atom. The molecule has 0 bridgehead atoms. The highest BCUT2D eigenvalue weighted by Gasteiger charge is 2.07. The zero-order chi connectivity index (χ0) is 5.98. The van der Waals surface area contributed by atoms with Gasteiger partial charge in [0.25, 0.3) is 0 Å². The first-order valence-corrected chi connectivity index (χ1v) is 3.28. The summed E-state index contributed by atoms with van der Waals surface area (Å²) in [5, 5.41) is 0.0527. The van der Waals surface area contributed by atoms with Crippen molar-refractivity contribution in [1.82, 2.24) is 0 Å². The van der Waals surface area contributed by atoms with Crippen molar-refractivity contribution in [3.63, 3.8) is 0 Å². The molecule has 0 radical (unpaired) electrons. The van der Waals surface area contributed by atoms with Crippen LogP contribution in [0, 0.1) is 0 Å². The number of carbonyl (C=O) groups excluding carboxylic acids is 1. The molecular weight excluding hydrogens is 144 g/mol. The Kier molecular flexibility index (Phi) is 1.76. The van der Waals surface area contributed by atoms with Crippen molar-refractivity contribution in [2.75, 3.05) is 0 Å². The van der Waals surface area contributed by atoms with Gasteiger partial charge in [-0.15, -0.1) is 0 Å². The minimum Gasteiger partial charge on any atom is -0.282 e. The minimum absolute atomic E-state index is 0.0527. The van der Waals surface area contributed by atoms with E-state index in [0.29, 0.717) is 0 Å². The fourth-order valence-electron chi connectivity index (χ4n) is 0.393. The van der Waals surface area contributed by atoms with Crippen LogP contribution >= 0.6 is 23.4 Å². The van der Waals surface area contributed by atoms with Crippen LogP contribution < -0.4 is 0 Å². The summed E-state index contributed by atoms with van der Waals surface area (Å²) in [6.45, 7) is 0. The predicted molar refractivity (Wildman–Crippen MR) is 35.7 cm³/mol. The van der Waals surface area contributed by atoms with Gasteiger partial charge in [-0.25, -0.2) is 0 Å². The second-order valence-electron chi connectivity index (χ2n) is 1.27. The zero-order valence-electron chi connectivity index (χ0n) is 3.93. The topological polar surface area (TPSA) is 17.1 Å². The van der Waals surface area contributed by atoms with Crippen molar-refractivity contribution in [3.05, 3.63) is 22.6 Å². The van der Waals surface area contributed by atoms with Gasteiger partial charge in [-0.1, -0.05) is 11.6 Å². The normalized spacial score (nSPS) is 23.1. The Morgan fingerprint density at radius 1 is 1.62 bits per heavy atom. The lowest BCUT2D eigenvalue weighted by Crippen LogP contribution is -1.72. The summed E-state index contributed by atoms with van der Waals surface area (Å²) in [5.41, 5.74) is 1.39. The molecule has 0 N–H and O–H groups in total. The maximum atomic E-state index is 10.4. The van der Waals surface area contributed by atoms with E-state index in [0.717, 1.165) is 16.7 Å². The Labute approximate surface area is 56.4 Å². The van der Waals surface area contributed by atoms with Crippen molar-refractivity contribution < 1.29 is 4.79 Å². The van der Waals surface area contributed by atoms with Gasteiger partial charge in [-0.05, 0) is 23.9 Å². The molecule has 1 aliphatic heterocycles. The van der Waals surface area contributed by atoms with E-state index in [-0.39, 0.29) is 5.12 Å². The molecule has 1 heterocycles. The molecule has 0 aromatic carbocycles. The summed E-state index contributed by atoms with van der Waals surface area (Å²) in [6.07, 6.45) is 3.19. The molecule has 0 aromatic rings. The van der Waals surface area contributed by atoms with Gasteiger partial charge in [0.15, 0.2) is 0 Å². The first-order chi connectivity index (χ1) is 3.83. The molecule has 0 amide bonds. The molecular formula is C5H3ClOS. The molecule has 8 heavy (non-hydrogen) atoms. The first-order valence-electron chi connectivity index (χ1n) is 2.03. The number of rotatable bonds is 0. The third kappa shape index (κ3) is 1.14. The standard InChI is InChI=1S/C5H3ClOS/c6-3-4-1-2-5(7)8-4/h1-3H. The molecule has 0 unspecified atom stereocenters. The van der Waals surface area contributed by atoms with Gasteiger partial charge in [0.2, 0.25) is 5.12 Å². The van der Waals surface area contributed by atoms with Crippen molar-refractivity contribution in [2.24, 2.45) is 0 Å². The third-order valence-corrected chi connectivity index (χ3v) is 1.90. The van der Waals surface area contributed by atoms with Gasteiger partial charge in [0.1, 0.15) is 0 Å². The molecule has 0 saturated heterocycles. The molecule has 3 heteroatoms. The number of halogens is 1. The van der Waals surface area contributed by atoms with E-state index in [1.807, 2.05) is 0 Å². The number of thioether (sulfide) groups is 1. The quantitative estimate of drug-likeness (QED) is 0.519. The fraction of sp³-hybridized carbons (Fsp3) is 0. The molecule has 1 rings (SSSR count). The average Bonchev–Trinajstić information content (AvgIpc) is 2.14. The largest absolute Gasteiger partial charge is 0.282 e. The van der Waals surface area contributed by atoms with Gasteiger partial charge in [0.05, 0.1) is 0 Å². The number of hydrogen-bond donors (Lipinski definition) is 0. The average molecular weight is 147 g/mol. The lowest BCUT2D eigenvalue weighted by molar-refractivity contribution is -0.106. The van der Waals surface area contributed by atoms with Gasteiger partial charge < -0.3 is 0 Å². The maximum Gasteiger partial charge on any atom is 0.216 e. The molecule has 0 spiro atoms. The monoisotopic (exact) mass is 146 g/mol. The van der Waals surface area contributed by atoms with Crippen LogP contribution in [0.15, 0.2) is 22.6 Å². The maximum absolute atomic E-state index is 10.4. The fourth-order valence-corrected chi connectivity index (χ4v) is 1.15. The van der Waals surface area contributed by atoms with Gasteiger partial charge in [-0.2, -0.15) is 0 Å². The molecule has 0 aromatic heterocycles.